The lowest BCUT2D eigenvalue weighted by molar-refractivity contribution is 0.147. The highest BCUT2D eigenvalue weighted by molar-refractivity contribution is 5.83. The van der Waals surface area contributed by atoms with Crippen molar-refractivity contribution in [3.8, 4) is 0 Å². The SMILES string of the molecule is On1cc(C2CCNCC2)c(Cc2cc(F)c3ccccc3c2)n1. The zero-order chi connectivity index (χ0) is 16.5. The Balaban J connectivity index is 1.68. The van der Waals surface area contributed by atoms with Crippen LogP contribution in [0.5, 0.6) is 0 Å². The molecule has 124 valence electrons. The third-order valence-electron chi connectivity index (χ3n) is 4.83. The van der Waals surface area contributed by atoms with Crippen LogP contribution in [-0.4, -0.2) is 28.2 Å². The number of nitrogens with zero attached hydrogens (tertiary/aromatic N) is 2. The van der Waals surface area contributed by atoms with Gasteiger partial charge in [-0.05, 0) is 48.9 Å². The van der Waals surface area contributed by atoms with Crippen molar-refractivity contribution in [3.05, 3.63) is 65.2 Å². The number of aromatic nitrogens is 2. The Morgan fingerprint density at radius 1 is 1.21 bits per heavy atom. The number of piperidine rings is 1. The molecule has 5 heteroatoms. The van der Waals surface area contributed by atoms with E-state index in [2.05, 4.69) is 10.4 Å². The van der Waals surface area contributed by atoms with E-state index in [1.54, 1.807) is 18.3 Å². The Morgan fingerprint density at radius 2 is 2.00 bits per heavy atom. The van der Waals surface area contributed by atoms with E-state index in [1.807, 2.05) is 24.3 Å². The molecule has 24 heavy (non-hydrogen) atoms. The minimum absolute atomic E-state index is 0.213. The lowest BCUT2D eigenvalue weighted by Crippen LogP contribution is -2.26. The maximum Gasteiger partial charge on any atom is 0.131 e. The van der Waals surface area contributed by atoms with Gasteiger partial charge in [-0.2, -0.15) is 0 Å². The highest BCUT2D eigenvalue weighted by Gasteiger charge is 2.21. The third-order valence-corrected chi connectivity index (χ3v) is 4.83. The zero-order valence-electron chi connectivity index (χ0n) is 13.4. The average molecular weight is 325 g/mol. The molecule has 1 aliphatic heterocycles. The fraction of sp³-hybridized carbons (Fsp3) is 0.316. The van der Waals surface area contributed by atoms with Gasteiger partial charge in [-0.25, -0.2) is 4.39 Å². The molecule has 2 heterocycles. The summed E-state index contributed by atoms with van der Waals surface area (Å²) in [6, 6.07) is 11.0. The number of nitrogens with one attached hydrogen (secondary N) is 1. The highest BCUT2D eigenvalue weighted by Crippen LogP contribution is 2.29. The van der Waals surface area contributed by atoms with E-state index in [1.165, 1.54) is 0 Å². The van der Waals surface area contributed by atoms with Crippen molar-refractivity contribution in [2.75, 3.05) is 13.1 Å². The van der Waals surface area contributed by atoms with Gasteiger partial charge in [0.1, 0.15) is 5.82 Å². The molecule has 3 aromatic rings. The van der Waals surface area contributed by atoms with Crippen LogP contribution in [0, 0.1) is 5.82 Å². The predicted molar refractivity (Wildman–Crippen MR) is 91.0 cm³/mol. The fourth-order valence-corrected chi connectivity index (χ4v) is 3.64. The van der Waals surface area contributed by atoms with E-state index in [9.17, 15) is 9.60 Å². The van der Waals surface area contributed by atoms with Crippen molar-refractivity contribution in [1.29, 1.82) is 0 Å². The van der Waals surface area contributed by atoms with Gasteiger partial charge in [-0.3, -0.25) is 0 Å². The zero-order valence-corrected chi connectivity index (χ0v) is 13.4. The van der Waals surface area contributed by atoms with Gasteiger partial charge >= 0.3 is 0 Å². The minimum atomic E-state index is -0.213. The van der Waals surface area contributed by atoms with Crippen molar-refractivity contribution in [2.45, 2.75) is 25.2 Å². The summed E-state index contributed by atoms with van der Waals surface area (Å²) in [4.78, 5) is 0.893. The molecule has 0 atom stereocenters. The highest BCUT2D eigenvalue weighted by atomic mass is 19.1. The standard InChI is InChI=1S/C19H20FN3O/c20-18-10-13(9-15-3-1-2-4-16(15)18)11-19-17(12-23(24)22-19)14-5-7-21-8-6-14/h1-4,9-10,12,14,21,24H,5-8,11H2. The number of rotatable bonds is 3. The fourth-order valence-electron chi connectivity index (χ4n) is 3.64. The molecule has 1 saturated heterocycles. The summed E-state index contributed by atoms with van der Waals surface area (Å²) in [6.45, 7) is 1.95. The van der Waals surface area contributed by atoms with Gasteiger partial charge in [0.2, 0.25) is 0 Å². The predicted octanol–water partition coefficient (Wildman–Crippen LogP) is 3.47. The quantitative estimate of drug-likeness (QED) is 0.725. The van der Waals surface area contributed by atoms with Crippen LogP contribution in [0.4, 0.5) is 4.39 Å². The van der Waals surface area contributed by atoms with Crippen LogP contribution in [0.15, 0.2) is 42.6 Å². The molecule has 1 fully saturated rings. The third kappa shape index (κ3) is 2.87. The minimum Gasteiger partial charge on any atom is -0.412 e. The van der Waals surface area contributed by atoms with Crippen LogP contribution in [0.25, 0.3) is 10.8 Å². The van der Waals surface area contributed by atoms with E-state index in [0.29, 0.717) is 17.7 Å². The van der Waals surface area contributed by atoms with E-state index < -0.39 is 0 Å². The first-order valence-corrected chi connectivity index (χ1v) is 8.36. The van der Waals surface area contributed by atoms with Crippen molar-refractivity contribution >= 4 is 10.8 Å². The van der Waals surface area contributed by atoms with Crippen LogP contribution < -0.4 is 5.32 Å². The maximum absolute atomic E-state index is 14.3. The van der Waals surface area contributed by atoms with Gasteiger partial charge in [0, 0.05) is 17.4 Å². The van der Waals surface area contributed by atoms with Gasteiger partial charge in [0.05, 0.1) is 11.9 Å². The first-order valence-electron chi connectivity index (χ1n) is 8.36. The molecule has 1 aromatic heterocycles. The molecule has 0 radical (unpaired) electrons. The summed E-state index contributed by atoms with van der Waals surface area (Å²) >= 11 is 0. The Kier molecular flexibility index (Phi) is 3.94. The molecule has 2 N–H and O–H groups in total. The largest absolute Gasteiger partial charge is 0.412 e. The molecule has 1 aliphatic rings. The van der Waals surface area contributed by atoms with Gasteiger partial charge in [-0.1, -0.05) is 30.3 Å². The Hall–Kier alpha value is -2.40. The molecule has 0 aliphatic carbocycles. The van der Waals surface area contributed by atoms with E-state index >= 15 is 0 Å². The summed E-state index contributed by atoms with van der Waals surface area (Å²) in [6.07, 6.45) is 4.28. The Labute approximate surface area is 139 Å². The van der Waals surface area contributed by atoms with E-state index in [0.717, 1.165) is 53.0 Å². The van der Waals surface area contributed by atoms with Crippen molar-refractivity contribution in [1.82, 2.24) is 15.3 Å². The van der Waals surface area contributed by atoms with E-state index in [-0.39, 0.29) is 5.82 Å². The van der Waals surface area contributed by atoms with Gasteiger partial charge in [0.25, 0.3) is 0 Å². The first-order chi connectivity index (χ1) is 11.7. The van der Waals surface area contributed by atoms with Crippen LogP contribution in [0.3, 0.4) is 0 Å². The molecule has 4 nitrogen and oxygen atoms in total. The van der Waals surface area contributed by atoms with Crippen LogP contribution in [0.2, 0.25) is 0 Å². The summed E-state index contributed by atoms with van der Waals surface area (Å²) in [5, 5.41) is 18.9. The Morgan fingerprint density at radius 3 is 2.83 bits per heavy atom. The smallest absolute Gasteiger partial charge is 0.131 e. The second-order valence-corrected chi connectivity index (χ2v) is 6.45. The molecular weight excluding hydrogens is 305 g/mol. The molecule has 0 unspecified atom stereocenters. The summed E-state index contributed by atoms with van der Waals surface area (Å²) in [7, 11) is 0. The van der Waals surface area contributed by atoms with Crippen LogP contribution in [-0.2, 0) is 6.42 Å². The lowest BCUT2D eigenvalue weighted by atomic mass is 9.89. The van der Waals surface area contributed by atoms with E-state index in [4.69, 9.17) is 0 Å². The topological polar surface area (TPSA) is 50.1 Å². The number of hydrogen-bond acceptors (Lipinski definition) is 3. The molecular formula is C19H20FN3O. The first kappa shape index (κ1) is 15.1. The van der Waals surface area contributed by atoms with Crippen LogP contribution >= 0.6 is 0 Å². The van der Waals surface area contributed by atoms with Crippen molar-refractivity contribution in [2.24, 2.45) is 0 Å². The van der Waals surface area contributed by atoms with Crippen LogP contribution in [0.1, 0.15) is 35.6 Å². The maximum atomic E-state index is 14.3. The number of fused-ring (bicyclic) bond motifs is 1. The second-order valence-electron chi connectivity index (χ2n) is 6.45. The molecule has 0 amide bonds. The summed E-state index contributed by atoms with van der Waals surface area (Å²) in [5.74, 6) is 0.183. The number of benzene rings is 2. The average Bonchev–Trinajstić information content (AvgIpc) is 2.96. The van der Waals surface area contributed by atoms with Crippen molar-refractivity contribution < 1.29 is 9.60 Å². The monoisotopic (exact) mass is 325 g/mol. The summed E-state index contributed by atoms with van der Waals surface area (Å²) < 4.78 is 14.3. The van der Waals surface area contributed by atoms with Gasteiger partial charge < -0.3 is 10.5 Å². The lowest BCUT2D eigenvalue weighted by Gasteiger charge is -2.22. The second kappa shape index (κ2) is 6.24. The summed E-state index contributed by atoms with van der Waals surface area (Å²) in [5.41, 5.74) is 2.78. The molecule has 0 bridgehead atoms. The molecule has 0 saturated carbocycles. The number of halogens is 1. The Bertz CT molecular complexity index is 868. The van der Waals surface area contributed by atoms with Crippen molar-refractivity contribution in [3.63, 3.8) is 0 Å². The molecule has 4 rings (SSSR count). The van der Waals surface area contributed by atoms with Gasteiger partial charge in [0.15, 0.2) is 0 Å². The van der Waals surface area contributed by atoms with Gasteiger partial charge in [-0.15, -0.1) is 9.94 Å². The molecule has 2 aromatic carbocycles. The normalized spacial score (nSPS) is 15.9. The number of hydrogen-bond donors (Lipinski definition) is 2. The molecule has 0 spiro atoms.